The lowest BCUT2D eigenvalue weighted by Gasteiger charge is -2.19. The van der Waals surface area contributed by atoms with Crippen LogP contribution in [0.5, 0.6) is 0 Å². The van der Waals surface area contributed by atoms with Crippen LogP contribution in [0.15, 0.2) is 206 Å². The standard InChI is InChI=1S/C58H43N3/c1-58(2,3)40-28-31-55-49(35-40)48-24-11-14-27-54(48)61(55)43-30-33-57-51(37-43)50-36-42(60-52-25-12-9-22-46(52)47-23-10-13-26-53(47)60)29-32-56(50)59(57)41-19-15-18-39(34-41)45-21-8-7-20-44(45)38-16-5-4-6-17-38/h4-37H,1-3H3. The molecule has 0 spiro atoms. The van der Waals surface area contributed by atoms with E-state index in [1.165, 1.54) is 93.2 Å². The summed E-state index contributed by atoms with van der Waals surface area (Å²) in [5, 5.41) is 7.50. The van der Waals surface area contributed by atoms with Gasteiger partial charge in [-0.1, -0.05) is 148 Å². The molecule has 0 radical (unpaired) electrons. The highest BCUT2D eigenvalue weighted by Gasteiger charge is 2.21. The van der Waals surface area contributed by atoms with Crippen molar-refractivity contribution in [1.82, 2.24) is 13.7 Å². The van der Waals surface area contributed by atoms with Crippen LogP contribution in [0.3, 0.4) is 0 Å². The molecule has 3 heterocycles. The molecule has 0 saturated heterocycles. The molecule has 0 bridgehead atoms. The highest BCUT2D eigenvalue weighted by molar-refractivity contribution is 6.14. The Hall–Kier alpha value is -7.62. The number of nitrogens with zero attached hydrogens (tertiary/aromatic N) is 3. The molecule has 3 heteroatoms. The summed E-state index contributed by atoms with van der Waals surface area (Å²) in [5.74, 6) is 0. The van der Waals surface area contributed by atoms with Crippen LogP contribution in [0, 0.1) is 0 Å². The molecule has 61 heavy (non-hydrogen) atoms. The van der Waals surface area contributed by atoms with E-state index < -0.39 is 0 Å². The van der Waals surface area contributed by atoms with E-state index in [-0.39, 0.29) is 5.41 Å². The number of para-hydroxylation sites is 3. The van der Waals surface area contributed by atoms with E-state index in [4.69, 9.17) is 0 Å². The fourth-order valence-electron chi connectivity index (χ4n) is 9.89. The summed E-state index contributed by atoms with van der Waals surface area (Å²) in [7, 11) is 0. The number of hydrogen-bond donors (Lipinski definition) is 0. The zero-order valence-electron chi connectivity index (χ0n) is 34.5. The Morgan fingerprint density at radius 1 is 0.279 bits per heavy atom. The Kier molecular flexibility index (Phi) is 7.79. The van der Waals surface area contributed by atoms with Crippen LogP contribution in [0.1, 0.15) is 26.3 Å². The van der Waals surface area contributed by atoms with Gasteiger partial charge in [0.2, 0.25) is 0 Å². The van der Waals surface area contributed by atoms with E-state index in [1.807, 2.05) is 0 Å². The predicted octanol–water partition coefficient (Wildman–Crippen LogP) is 15.6. The predicted molar refractivity (Wildman–Crippen MR) is 259 cm³/mol. The van der Waals surface area contributed by atoms with Gasteiger partial charge >= 0.3 is 0 Å². The van der Waals surface area contributed by atoms with Gasteiger partial charge in [0.25, 0.3) is 0 Å². The number of fused-ring (bicyclic) bond motifs is 9. The van der Waals surface area contributed by atoms with E-state index in [1.54, 1.807) is 0 Å². The molecule has 0 fully saturated rings. The normalized spacial score (nSPS) is 12.2. The molecule has 3 aromatic heterocycles. The van der Waals surface area contributed by atoms with Crippen molar-refractivity contribution in [2.24, 2.45) is 0 Å². The summed E-state index contributed by atoms with van der Waals surface area (Å²) in [5.41, 5.74) is 16.8. The monoisotopic (exact) mass is 781 g/mol. The van der Waals surface area contributed by atoms with Crippen LogP contribution in [-0.2, 0) is 5.41 Å². The van der Waals surface area contributed by atoms with Crippen molar-refractivity contribution in [1.29, 1.82) is 0 Å². The zero-order valence-corrected chi connectivity index (χ0v) is 34.5. The molecule has 9 aromatic carbocycles. The summed E-state index contributed by atoms with van der Waals surface area (Å²) in [4.78, 5) is 0. The van der Waals surface area contributed by atoms with Crippen molar-refractivity contribution in [3.63, 3.8) is 0 Å². The maximum absolute atomic E-state index is 2.46. The van der Waals surface area contributed by atoms with Gasteiger partial charge in [0, 0.05) is 49.4 Å². The molecule has 3 nitrogen and oxygen atoms in total. The van der Waals surface area contributed by atoms with E-state index in [2.05, 4.69) is 241 Å². The molecule has 12 rings (SSSR count). The highest BCUT2D eigenvalue weighted by atomic mass is 15.0. The van der Waals surface area contributed by atoms with E-state index in [0.29, 0.717) is 0 Å². The molecule has 0 aliphatic heterocycles. The lowest BCUT2D eigenvalue weighted by Crippen LogP contribution is -2.10. The smallest absolute Gasteiger partial charge is 0.0542 e. The molecule has 0 saturated carbocycles. The fraction of sp³-hybridized carbons (Fsp3) is 0.0690. The van der Waals surface area contributed by atoms with E-state index in [0.717, 1.165) is 17.1 Å². The van der Waals surface area contributed by atoms with Crippen LogP contribution < -0.4 is 0 Å². The second-order valence-electron chi connectivity index (χ2n) is 17.4. The summed E-state index contributed by atoms with van der Waals surface area (Å²) >= 11 is 0. The maximum atomic E-state index is 2.46. The lowest BCUT2D eigenvalue weighted by molar-refractivity contribution is 0.591. The third-order valence-corrected chi connectivity index (χ3v) is 12.8. The molecular weight excluding hydrogens is 739 g/mol. The second kappa shape index (κ2) is 13.5. The van der Waals surface area contributed by atoms with Crippen LogP contribution in [0.2, 0.25) is 0 Å². The zero-order chi connectivity index (χ0) is 40.8. The number of rotatable bonds is 5. The van der Waals surface area contributed by atoms with E-state index >= 15 is 0 Å². The van der Waals surface area contributed by atoms with Gasteiger partial charge in [0.15, 0.2) is 0 Å². The Balaban J connectivity index is 1.12. The minimum absolute atomic E-state index is 0.0487. The number of benzene rings is 9. The Morgan fingerprint density at radius 3 is 1.21 bits per heavy atom. The van der Waals surface area contributed by atoms with Crippen LogP contribution in [0.25, 0.3) is 105 Å². The summed E-state index contributed by atoms with van der Waals surface area (Å²) in [6, 6.07) is 76.0. The summed E-state index contributed by atoms with van der Waals surface area (Å²) in [6.45, 7) is 6.88. The second-order valence-corrected chi connectivity index (χ2v) is 17.4. The van der Waals surface area contributed by atoms with Crippen molar-refractivity contribution >= 4 is 65.4 Å². The molecule has 12 aromatic rings. The van der Waals surface area contributed by atoms with Gasteiger partial charge < -0.3 is 13.7 Å². The highest BCUT2D eigenvalue weighted by Crippen LogP contribution is 2.41. The van der Waals surface area contributed by atoms with Crippen molar-refractivity contribution in [2.45, 2.75) is 26.2 Å². The van der Waals surface area contributed by atoms with Crippen molar-refractivity contribution in [2.75, 3.05) is 0 Å². The summed E-state index contributed by atoms with van der Waals surface area (Å²) in [6.07, 6.45) is 0. The average molecular weight is 782 g/mol. The SMILES string of the molecule is CC(C)(C)c1ccc2c(c1)c1ccccc1n2-c1ccc2c(c1)c1cc(-n3c4ccccc4c4ccccc43)ccc1n2-c1cccc(-c2ccccc2-c2ccccc2)c1. The summed E-state index contributed by atoms with van der Waals surface area (Å²) < 4.78 is 7.34. The largest absolute Gasteiger partial charge is 0.309 e. The quantitative estimate of drug-likeness (QED) is 0.165. The van der Waals surface area contributed by atoms with Gasteiger partial charge in [-0.25, -0.2) is 0 Å². The molecular formula is C58H43N3. The van der Waals surface area contributed by atoms with Gasteiger partial charge in [0.05, 0.1) is 33.1 Å². The van der Waals surface area contributed by atoms with E-state index in [9.17, 15) is 0 Å². The fourth-order valence-corrected chi connectivity index (χ4v) is 9.89. The molecule has 0 atom stereocenters. The van der Waals surface area contributed by atoms with Crippen molar-refractivity contribution < 1.29 is 0 Å². The van der Waals surface area contributed by atoms with Crippen LogP contribution in [0.4, 0.5) is 0 Å². The van der Waals surface area contributed by atoms with Gasteiger partial charge in [-0.2, -0.15) is 0 Å². The van der Waals surface area contributed by atoms with Gasteiger partial charge in [-0.05, 0) is 112 Å². The third-order valence-electron chi connectivity index (χ3n) is 12.8. The number of aromatic nitrogens is 3. The van der Waals surface area contributed by atoms with Crippen molar-refractivity contribution in [3.05, 3.63) is 212 Å². The third kappa shape index (κ3) is 5.51. The van der Waals surface area contributed by atoms with Crippen LogP contribution >= 0.6 is 0 Å². The first-order chi connectivity index (χ1) is 29.9. The molecule has 290 valence electrons. The molecule has 0 aliphatic carbocycles. The first-order valence-electron chi connectivity index (χ1n) is 21.3. The molecule has 0 amide bonds. The van der Waals surface area contributed by atoms with Gasteiger partial charge in [-0.15, -0.1) is 0 Å². The minimum atomic E-state index is 0.0487. The first kappa shape index (κ1) is 35.3. The van der Waals surface area contributed by atoms with Gasteiger partial charge in [0.1, 0.15) is 0 Å². The first-order valence-corrected chi connectivity index (χ1v) is 21.3. The van der Waals surface area contributed by atoms with Crippen molar-refractivity contribution in [3.8, 4) is 39.3 Å². The molecule has 0 unspecified atom stereocenters. The van der Waals surface area contributed by atoms with Gasteiger partial charge in [-0.3, -0.25) is 0 Å². The van der Waals surface area contributed by atoms with Crippen LogP contribution in [-0.4, -0.2) is 13.7 Å². The molecule has 0 aliphatic rings. The minimum Gasteiger partial charge on any atom is -0.309 e. The number of hydrogen-bond acceptors (Lipinski definition) is 0. The molecule has 0 N–H and O–H groups in total. The Labute approximate surface area is 355 Å². The Bertz CT molecular complexity index is 3630. The lowest BCUT2D eigenvalue weighted by atomic mass is 9.86. The topological polar surface area (TPSA) is 14.8 Å². The average Bonchev–Trinajstić information content (AvgIpc) is 3.94. The Morgan fingerprint density at radius 2 is 0.672 bits per heavy atom. The maximum Gasteiger partial charge on any atom is 0.0542 e.